The molecule has 1 aliphatic heterocycles. The molecule has 0 spiro atoms. The summed E-state index contributed by atoms with van der Waals surface area (Å²) in [6.45, 7) is 11.0. The summed E-state index contributed by atoms with van der Waals surface area (Å²) in [5.41, 5.74) is 1.12. The summed E-state index contributed by atoms with van der Waals surface area (Å²) < 4.78 is 0. The van der Waals surface area contributed by atoms with Gasteiger partial charge in [-0.2, -0.15) is 0 Å². The number of nitrogens with zero attached hydrogens (tertiary/aromatic N) is 1. The molecule has 0 bridgehead atoms. The first-order valence-corrected chi connectivity index (χ1v) is 7.56. The van der Waals surface area contributed by atoms with Crippen LogP contribution in [0.3, 0.4) is 0 Å². The van der Waals surface area contributed by atoms with Crippen LogP contribution >= 0.6 is 0 Å². The summed E-state index contributed by atoms with van der Waals surface area (Å²) in [6.07, 6.45) is 7.22. The Morgan fingerprint density at radius 2 is 2.00 bits per heavy atom. The van der Waals surface area contributed by atoms with Crippen LogP contribution in [0.15, 0.2) is 0 Å². The zero-order chi connectivity index (χ0) is 12.1. The van der Waals surface area contributed by atoms with Gasteiger partial charge in [0, 0.05) is 31.2 Å². The number of nitrogens with one attached hydrogen (secondary N) is 1. The molecule has 2 unspecified atom stereocenters. The van der Waals surface area contributed by atoms with E-state index in [-0.39, 0.29) is 0 Å². The number of hydrogen-bond donors (Lipinski definition) is 1. The monoisotopic (exact) mass is 236 g/mol. The van der Waals surface area contributed by atoms with Crippen LogP contribution in [0.5, 0.6) is 0 Å². The SMILES string of the molecule is CCC1(CN2CC(C)(C3CC3)NCC2C)CC1. The van der Waals surface area contributed by atoms with Gasteiger partial charge in [-0.3, -0.25) is 4.90 Å². The first kappa shape index (κ1) is 12.0. The number of piperazine rings is 1. The number of hydrogen-bond acceptors (Lipinski definition) is 2. The van der Waals surface area contributed by atoms with Gasteiger partial charge in [0.1, 0.15) is 0 Å². The number of rotatable bonds is 4. The third-order valence-corrected chi connectivity index (χ3v) is 5.68. The van der Waals surface area contributed by atoms with E-state index in [0.29, 0.717) is 11.0 Å². The van der Waals surface area contributed by atoms with E-state index in [4.69, 9.17) is 0 Å². The summed E-state index contributed by atoms with van der Waals surface area (Å²) in [5, 5.41) is 3.82. The molecule has 0 aromatic carbocycles. The predicted molar refractivity (Wildman–Crippen MR) is 72.1 cm³/mol. The topological polar surface area (TPSA) is 15.3 Å². The van der Waals surface area contributed by atoms with E-state index >= 15 is 0 Å². The Bertz CT molecular complexity index is 293. The Morgan fingerprint density at radius 1 is 1.29 bits per heavy atom. The molecule has 98 valence electrons. The van der Waals surface area contributed by atoms with Gasteiger partial charge in [-0.15, -0.1) is 0 Å². The van der Waals surface area contributed by atoms with Crippen molar-refractivity contribution >= 4 is 0 Å². The van der Waals surface area contributed by atoms with Crippen molar-refractivity contribution in [2.45, 2.75) is 64.5 Å². The lowest BCUT2D eigenvalue weighted by molar-refractivity contribution is 0.0641. The van der Waals surface area contributed by atoms with Gasteiger partial charge in [0.25, 0.3) is 0 Å². The fourth-order valence-electron chi connectivity index (χ4n) is 3.58. The molecule has 1 N–H and O–H groups in total. The minimum absolute atomic E-state index is 0.413. The van der Waals surface area contributed by atoms with Crippen LogP contribution in [0.1, 0.15) is 52.9 Å². The standard InChI is InChI=1S/C15H28N2/c1-4-15(7-8-15)11-17-10-14(3,13-5-6-13)16-9-12(17)2/h12-13,16H,4-11H2,1-3H3. The highest BCUT2D eigenvalue weighted by atomic mass is 15.3. The van der Waals surface area contributed by atoms with E-state index in [2.05, 4.69) is 31.0 Å². The van der Waals surface area contributed by atoms with Crippen LogP contribution in [-0.4, -0.2) is 36.1 Å². The molecule has 3 aliphatic rings. The molecule has 2 heteroatoms. The summed E-state index contributed by atoms with van der Waals surface area (Å²) in [5.74, 6) is 0.953. The van der Waals surface area contributed by atoms with Crippen molar-refractivity contribution in [3.63, 3.8) is 0 Å². The third-order valence-electron chi connectivity index (χ3n) is 5.68. The van der Waals surface area contributed by atoms with Gasteiger partial charge in [0.2, 0.25) is 0 Å². The van der Waals surface area contributed by atoms with E-state index in [1.54, 1.807) is 0 Å². The van der Waals surface area contributed by atoms with Crippen molar-refractivity contribution in [2.75, 3.05) is 19.6 Å². The molecule has 0 radical (unpaired) electrons. The molecule has 1 saturated heterocycles. The summed E-state index contributed by atoms with van der Waals surface area (Å²) in [4.78, 5) is 2.78. The van der Waals surface area contributed by atoms with Crippen LogP contribution in [0.4, 0.5) is 0 Å². The Hall–Kier alpha value is -0.0800. The second-order valence-electron chi connectivity index (χ2n) is 7.18. The maximum atomic E-state index is 3.82. The van der Waals surface area contributed by atoms with Crippen molar-refractivity contribution in [3.8, 4) is 0 Å². The average molecular weight is 236 g/mol. The van der Waals surface area contributed by atoms with Gasteiger partial charge in [-0.25, -0.2) is 0 Å². The second-order valence-corrected chi connectivity index (χ2v) is 7.18. The fraction of sp³-hybridized carbons (Fsp3) is 1.00. The predicted octanol–water partition coefficient (Wildman–Crippen LogP) is 2.64. The molecule has 2 saturated carbocycles. The van der Waals surface area contributed by atoms with E-state index < -0.39 is 0 Å². The Labute approximate surface area is 106 Å². The van der Waals surface area contributed by atoms with Gasteiger partial charge in [-0.1, -0.05) is 6.92 Å². The highest BCUT2D eigenvalue weighted by Gasteiger charge is 2.48. The first-order chi connectivity index (χ1) is 8.07. The summed E-state index contributed by atoms with van der Waals surface area (Å²) in [6, 6.07) is 0.728. The molecule has 17 heavy (non-hydrogen) atoms. The van der Waals surface area contributed by atoms with Crippen LogP contribution in [-0.2, 0) is 0 Å². The molecule has 0 aromatic rings. The van der Waals surface area contributed by atoms with Gasteiger partial charge in [0.15, 0.2) is 0 Å². The lowest BCUT2D eigenvalue weighted by Gasteiger charge is -2.47. The van der Waals surface area contributed by atoms with Crippen molar-refractivity contribution in [2.24, 2.45) is 11.3 Å². The molecule has 2 aliphatic carbocycles. The van der Waals surface area contributed by atoms with Crippen LogP contribution in [0.2, 0.25) is 0 Å². The van der Waals surface area contributed by atoms with Gasteiger partial charge < -0.3 is 5.32 Å². The van der Waals surface area contributed by atoms with Crippen LogP contribution in [0, 0.1) is 11.3 Å². The molecule has 2 atom stereocenters. The van der Waals surface area contributed by atoms with E-state index in [0.717, 1.165) is 12.0 Å². The zero-order valence-electron chi connectivity index (χ0n) is 11.8. The summed E-state index contributed by atoms with van der Waals surface area (Å²) in [7, 11) is 0. The van der Waals surface area contributed by atoms with Crippen LogP contribution in [0.25, 0.3) is 0 Å². The largest absolute Gasteiger partial charge is 0.308 e. The normalized spacial score (nSPS) is 41.5. The maximum Gasteiger partial charge on any atom is 0.0309 e. The maximum absolute atomic E-state index is 3.82. The lowest BCUT2D eigenvalue weighted by atomic mass is 9.90. The molecular weight excluding hydrogens is 208 g/mol. The Balaban J connectivity index is 1.65. The molecular formula is C15H28N2. The lowest BCUT2D eigenvalue weighted by Crippen LogP contribution is -2.63. The zero-order valence-corrected chi connectivity index (χ0v) is 11.8. The Morgan fingerprint density at radius 3 is 2.53 bits per heavy atom. The van der Waals surface area contributed by atoms with Gasteiger partial charge in [-0.05, 0) is 57.3 Å². The molecule has 3 rings (SSSR count). The van der Waals surface area contributed by atoms with E-state index in [9.17, 15) is 0 Å². The van der Waals surface area contributed by atoms with Crippen molar-refractivity contribution in [1.29, 1.82) is 0 Å². The second kappa shape index (κ2) is 3.96. The van der Waals surface area contributed by atoms with Crippen molar-refractivity contribution in [1.82, 2.24) is 10.2 Å². The fourth-order valence-corrected chi connectivity index (χ4v) is 3.58. The minimum atomic E-state index is 0.413. The Kier molecular flexibility index (Phi) is 2.79. The van der Waals surface area contributed by atoms with Crippen molar-refractivity contribution in [3.05, 3.63) is 0 Å². The van der Waals surface area contributed by atoms with Crippen molar-refractivity contribution < 1.29 is 0 Å². The molecule has 2 nitrogen and oxygen atoms in total. The van der Waals surface area contributed by atoms with E-state index in [1.807, 2.05) is 0 Å². The molecule has 0 amide bonds. The highest BCUT2D eigenvalue weighted by Crippen LogP contribution is 2.50. The molecule has 1 heterocycles. The highest BCUT2D eigenvalue weighted by molar-refractivity contribution is 5.05. The summed E-state index contributed by atoms with van der Waals surface area (Å²) >= 11 is 0. The average Bonchev–Trinajstić information content (AvgIpc) is 3.15. The quantitative estimate of drug-likeness (QED) is 0.807. The van der Waals surface area contributed by atoms with Gasteiger partial charge in [0.05, 0.1) is 0 Å². The molecule has 3 fully saturated rings. The van der Waals surface area contributed by atoms with Crippen LogP contribution < -0.4 is 5.32 Å². The molecule has 0 aromatic heterocycles. The minimum Gasteiger partial charge on any atom is -0.308 e. The smallest absolute Gasteiger partial charge is 0.0309 e. The van der Waals surface area contributed by atoms with E-state index in [1.165, 1.54) is 51.7 Å². The third kappa shape index (κ3) is 2.26. The van der Waals surface area contributed by atoms with Gasteiger partial charge >= 0.3 is 0 Å². The first-order valence-electron chi connectivity index (χ1n) is 7.56.